The number of likely N-dealkylation sites (tertiary alicyclic amines) is 1. The normalized spacial score (nSPS) is 15.2. The summed E-state index contributed by atoms with van der Waals surface area (Å²) in [7, 11) is 0. The number of unbranched alkanes of at least 4 members (excludes halogenated alkanes) is 5. The summed E-state index contributed by atoms with van der Waals surface area (Å²) < 4.78 is 0. The van der Waals surface area contributed by atoms with Crippen molar-refractivity contribution in [2.45, 2.75) is 58.3 Å². The van der Waals surface area contributed by atoms with E-state index in [1.165, 1.54) is 11.0 Å². The van der Waals surface area contributed by atoms with Gasteiger partial charge in [0.1, 0.15) is 5.92 Å². The van der Waals surface area contributed by atoms with Gasteiger partial charge in [-0.15, -0.1) is 0 Å². The third kappa shape index (κ3) is 4.89. The molecule has 1 aliphatic rings. The molecule has 0 saturated carbocycles. The molecular weight excluding hydrogens is 256 g/mol. The zero-order valence-electron chi connectivity index (χ0n) is 12.3. The van der Waals surface area contributed by atoms with Crippen LogP contribution in [0.2, 0.25) is 0 Å². The van der Waals surface area contributed by atoms with Crippen LogP contribution in [0.4, 0.5) is 0 Å². The number of isocyanates is 1. The lowest BCUT2D eigenvalue weighted by atomic mass is 9.91. The fraction of sp³-hybridized carbons (Fsp3) is 0.800. The standard InChI is InChI=1S/C15H24N2O3/c1-2-3-6-9-13-14(19)17(15(13)20)11-8-5-4-7-10-16-12-18/h13H,2-11H2,1H3. The van der Waals surface area contributed by atoms with Gasteiger partial charge in [0.2, 0.25) is 17.9 Å². The Balaban J connectivity index is 2.09. The smallest absolute Gasteiger partial charge is 0.241 e. The lowest BCUT2D eigenvalue weighted by Gasteiger charge is -2.36. The van der Waals surface area contributed by atoms with Crippen LogP contribution in [0.25, 0.3) is 0 Å². The van der Waals surface area contributed by atoms with Crippen molar-refractivity contribution in [3.8, 4) is 0 Å². The van der Waals surface area contributed by atoms with Crippen LogP contribution in [-0.4, -0.2) is 35.9 Å². The predicted octanol–water partition coefficient (Wildman–Crippen LogP) is 2.45. The van der Waals surface area contributed by atoms with Crippen molar-refractivity contribution in [1.82, 2.24) is 4.90 Å². The second kappa shape index (κ2) is 9.43. The maximum absolute atomic E-state index is 11.8. The highest BCUT2D eigenvalue weighted by atomic mass is 16.2. The molecule has 112 valence electrons. The van der Waals surface area contributed by atoms with E-state index < -0.39 is 0 Å². The Labute approximate surface area is 120 Å². The van der Waals surface area contributed by atoms with Crippen molar-refractivity contribution >= 4 is 17.9 Å². The topological polar surface area (TPSA) is 66.8 Å². The Morgan fingerprint density at radius 3 is 2.40 bits per heavy atom. The summed E-state index contributed by atoms with van der Waals surface area (Å²) in [5, 5.41) is 0. The van der Waals surface area contributed by atoms with Gasteiger partial charge >= 0.3 is 0 Å². The second-order valence-electron chi connectivity index (χ2n) is 5.26. The second-order valence-corrected chi connectivity index (χ2v) is 5.26. The average Bonchev–Trinajstić information content (AvgIpc) is 2.46. The van der Waals surface area contributed by atoms with E-state index in [-0.39, 0.29) is 17.7 Å². The molecule has 1 saturated heterocycles. The number of rotatable bonds is 11. The maximum Gasteiger partial charge on any atom is 0.241 e. The molecule has 1 aliphatic heterocycles. The van der Waals surface area contributed by atoms with Crippen LogP contribution in [0.1, 0.15) is 58.3 Å². The number of hydrogen-bond acceptors (Lipinski definition) is 4. The number of carbonyl (C=O) groups is 2. The number of hydrogen-bond donors (Lipinski definition) is 0. The molecule has 0 bridgehead atoms. The summed E-state index contributed by atoms with van der Waals surface area (Å²) in [5.41, 5.74) is 0. The molecule has 0 aromatic carbocycles. The first-order chi connectivity index (χ1) is 9.72. The van der Waals surface area contributed by atoms with Crippen LogP contribution in [0, 0.1) is 5.92 Å². The van der Waals surface area contributed by atoms with E-state index in [1.54, 1.807) is 0 Å². The third-order valence-corrected chi connectivity index (χ3v) is 3.69. The van der Waals surface area contributed by atoms with Gasteiger partial charge in [0.25, 0.3) is 0 Å². The third-order valence-electron chi connectivity index (χ3n) is 3.69. The molecule has 1 rings (SSSR count). The van der Waals surface area contributed by atoms with Gasteiger partial charge in [0.05, 0.1) is 6.54 Å². The highest BCUT2D eigenvalue weighted by Gasteiger charge is 2.44. The lowest BCUT2D eigenvalue weighted by molar-refractivity contribution is -0.166. The minimum atomic E-state index is -0.358. The molecule has 5 heteroatoms. The van der Waals surface area contributed by atoms with Crippen molar-refractivity contribution in [2.24, 2.45) is 10.9 Å². The molecule has 0 spiro atoms. The number of β-lactam (4-membered cyclic amide) rings is 2. The Kier molecular flexibility index (Phi) is 7.81. The summed E-state index contributed by atoms with van der Waals surface area (Å²) in [6, 6.07) is 0. The predicted molar refractivity (Wildman–Crippen MR) is 75.8 cm³/mol. The SMILES string of the molecule is CCCCCC1C(=O)N(CCCCCCN=C=O)C1=O. The van der Waals surface area contributed by atoms with E-state index in [0.29, 0.717) is 19.5 Å². The Bertz CT molecular complexity index is 359. The molecule has 0 radical (unpaired) electrons. The minimum absolute atomic E-state index is 0.0108. The Morgan fingerprint density at radius 1 is 1.05 bits per heavy atom. The highest BCUT2D eigenvalue weighted by molar-refractivity contribution is 6.17. The quantitative estimate of drug-likeness (QED) is 0.192. The summed E-state index contributed by atoms with van der Waals surface area (Å²) >= 11 is 0. The van der Waals surface area contributed by atoms with Gasteiger partial charge in [0.15, 0.2) is 0 Å². The summed E-state index contributed by atoms with van der Waals surface area (Å²) in [5.74, 6) is -0.336. The fourth-order valence-electron chi connectivity index (χ4n) is 2.45. The van der Waals surface area contributed by atoms with Crippen LogP contribution in [0.15, 0.2) is 4.99 Å². The van der Waals surface area contributed by atoms with Crippen molar-refractivity contribution < 1.29 is 14.4 Å². The van der Waals surface area contributed by atoms with E-state index in [0.717, 1.165) is 44.9 Å². The van der Waals surface area contributed by atoms with Crippen molar-refractivity contribution in [2.75, 3.05) is 13.1 Å². The molecule has 0 aromatic heterocycles. The molecule has 0 unspecified atom stereocenters. The summed E-state index contributed by atoms with van der Waals surface area (Å²) in [6.45, 7) is 3.17. The van der Waals surface area contributed by atoms with Gasteiger partial charge in [-0.3, -0.25) is 14.5 Å². The van der Waals surface area contributed by atoms with Gasteiger partial charge in [-0.2, -0.15) is 0 Å². The molecule has 0 aromatic rings. The van der Waals surface area contributed by atoms with Crippen LogP contribution in [-0.2, 0) is 14.4 Å². The van der Waals surface area contributed by atoms with Gasteiger partial charge < -0.3 is 0 Å². The van der Waals surface area contributed by atoms with E-state index in [4.69, 9.17) is 0 Å². The molecule has 0 N–H and O–H groups in total. The van der Waals surface area contributed by atoms with Gasteiger partial charge in [-0.05, 0) is 19.3 Å². The lowest BCUT2D eigenvalue weighted by Crippen LogP contribution is -2.57. The van der Waals surface area contributed by atoms with Crippen LogP contribution < -0.4 is 0 Å². The van der Waals surface area contributed by atoms with Crippen LogP contribution in [0.5, 0.6) is 0 Å². The van der Waals surface area contributed by atoms with Crippen molar-refractivity contribution in [1.29, 1.82) is 0 Å². The summed E-state index contributed by atoms with van der Waals surface area (Å²) in [6.07, 6.45) is 8.98. The van der Waals surface area contributed by atoms with Crippen molar-refractivity contribution in [3.63, 3.8) is 0 Å². The number of aliphatic imine (C=N–C) groups is 1. The highest BCUT2D eigenvalue weighted by Crippen LogP contribution is 2.25. The van der Waals surface area contributed by atoms with Gasteiger partial charge in [-0.25, -0.2) is 9.79 Å². The van der Waals surface area contributed by atoms with Gasteiger partial charge in [-0.1, -0.05) is 39.0 Å². The van der Waals surface area contributed by atoms with E-state index in [9.17, 15) is 14.4 Å². The number of carbonyl (C=O) groups excluding carboxylic acids is 3. The maximum atomic E-state index is 11.8. The van der Waals surface area contributed by atoms with E-state index in [2.05, 4.69) is 11.9 Å². The molecule has 5 nitrogen and oxygen atoms in total. The van der Waals surface area contributed by atoms with E-state index in [1.807, 2.05) is 0 Å². The molecule has 0 aliphatic carbocycles. The Morgan fingerprint density at radius 2 is 1.75 bits per heavy atom. The average molecular weight is 280 g/mol. The molecule has 2 amide bonds. The molecule has 1 heterocycles. The van der Waals surface area contributed by atoms with E-state index >= 15 is 0 Å². The molecular formula is C15H24N2O3. The molecule has 0 atom stereocenters. The molecule has 1 fully saturated rings. The number of imide groups is 1. The first kappa shape index (κ1) is 16.6. The number of amides is 2. The van der Waals surface area contributed by atoms with Gasteiger partial charge in [0, 0.05) is 6.54 Å². The number of nitrogens with zero attached hydrogens (tertiary/aromatic N) is 2. The Hall–Kier alpha value is -1.48. The zero-order valence-corrected chi connectivity index (χ0v) is 12.3. The van der Waals surface area contributed by atoms with Crippen LogP contribution in [0.3, 0.4) is 0 Å². The zero-order chi connectivity index (χ0) is 14.8. The molecule has 20 heavy (non-hydrogen) atoms. The largest absolute Gasteiger partial charge is 0.281 e. The fourth-order valence-corrected chi connectivity index (χ4v) is 2.45. The first-order valence-corrected chi connectivity index (χ1v) is 7.61. The monoisotopic (exact) mass is 280 g/mol. The van der Waals surface area contributed by atoms with Crippen molar-refractivity contribution in [3.05, 3.63) is 0 Å². The minimum Gasteiger partial charge on any atom is -0.281 e. The summed E-state index contributed by atoms with van der Waals surface area (Å²) in [4.78, 5) is 38.4. The first-order valence-electron chi connectivity index (χ1n) is 7.61. The van der Waals surface area contributed by atoms with Crippen LogP contribution >= 0.6 is 0 Å².